The molecule has 0 amide bonds. The maximum absolute atomic E-state index is 6.66. The summed E-state index contributed by atoms with van der Waals surface area (Å²) in [5.74, 6) is 2.77. The lowest BCUT2D eigenvalue weighted by molar-refractivity contribution is 0.436. The van der Waals surface area contributed by atoms with Gasteiger partial charge >= 0.3 is 0 Å². The van der Waals surface area contributed by atoms with Crippen LogP contribution in [-0.2, 0) is 5.41 Å². The lowest BCUT2D eigenvalue weighted by Gasteiger charge is -2.39. The summed E-state index contributed by atoms with van der Waals surface area (Å²) in [6.45, 7) is 0. The molecule has 2 aliphatic rings. The summed E-state index contributed by atoms with van der Waals surface area (Å²) in [5, 5.41) is 8.53. The van der Waals surface area contributed by atoms with Crippen molar-refractivity contribution in [2.75, 3.05) is 0 Å². The van der Waals surface area contributed by atoms with Gasteiger partial charge in [-0.3, -0.25) is 0 Å². The molecule has 0 saturated heterocycles. The van der Waals surface area contributed by atoms with Crippen LogP contribution in [0.4, 0.5) is 0 Å². The monoisotopic (exact) mass is 552 g/mol. The van der Waals surface area contributed by atoms with Crippen molar-refractivity contribution >= 4 is 0 Å². The second-order valence-electron chi connectivity index (χ2n) is 11.0. The first kappa shape index (κ1) is 23.9. The zero-order chi connectivity index (χ0) is 28.4. The van der Waals surface area contributed by atoms with Crippen LogP contribution in [0.1, 0.15) is 22.3 Å². The van der Waals surface area contributed by atoms with E-state index in [1.165, 1.54) is 27.8 Å². The molecule has 0 unspecified atom stereocenters. The molecular formula is C39H24N2O2. The Labute approximate surface area is 248 Å². The Hall–Kier alpha value is -5.74. The molecule has 0 atom stereocenters. The Balaban J connectivity index is 1.15. The van der Waals surface area contributed by atoms with Crippen molar-refractivity contribution in [2.24, 2.45) is 0 Å². The summed E-state index contributed by atoms with van der Waals surface area (Å²) in [6, 6.07) is 50.7. The van der Waals surface area contributed by atoms with E-state index >= 15 is 0 Å². The van der Waals surface area contributed by atoms with Crippen LogP contribution in [0, 0.1) is 0 Å². The van der Waals surface area contributed by atoms with Crippen LogP contribution in [0.5, 0.6) is 11.5 Å². The number of aromatic nitrogens is 2. The average molecular weight is 553 g/mol. The van der Waals surface area contributed by atoms with Gasteiger partial charge in [-0.05, 0) is 69.8 Å². The van der Waals surface area contributed by atoms with Gasteiger partial charge in [0.1, 0.15) is 11.5 Å². The molecule has 9 rings (SSSR count). The molecule has 202 valence electrons. The number of para-hydroxylation sites is 1. The summed E-state index contributed by atoms with van der Waals surface area (Å²) in [5.41, 5.74) is 10.9. The molecule has 1 spiro atoms. The topological polar surface area (TPSA) is 48.2 Å². The van der Waals surface area contributed by atoms with E-state index in [2.05, 4.69) is 107 Å². The summed E-state index contributed by atoms with van der Waals surface area (Å²) in [6.07, 6.45) is 0. The van der Waals surface area contributed by atoms with Crippen molar-refractivity contribution in [1.82, 2.24) is 10.2 Å². The van der Waals surface area contributed by atoms with E-state index in [1.807, 2.05) is 48.5 Å². The third kappa shape index (κ3) is 3.44. The Morgan fingerprint density at radius 1 is 0.395 bits per heavy atom. The minimum absolute atomic E-state index is 0.450. The Kier molecular flexibility index (Phi) is 5.08. The van der Waals surface area contributed by atoms with Gasteiger partial charge in [-0.2, -0.15) is 0 Å². The molecule has 0 saturated carbocycles. The molecule has 1 aliphatic carbocycles. The second-order valence-corrected chi connectivity index (χ2v) is 11.0. The van der Waals surface area contributed by atoms with Gasteiger partial charge in [0, 0.05) is 22.3 Å². The summed E-state index contributed by atoms with van der Waals surface area (Å²) in [4.78, 5) is 0. The van der Waals surface area contributed by atoms with Gasteiger partial charge in [-0.1, -0.05) is 109 Å². The van der Waals surface area contributed by atoms with E-state index in [9.17, 15) is 0 Å². The number of benzene rings is 6. The molecule has 0 N–H and O–H groups in total. The highest BCUT2D eigenvalue weighted by Gasteiger charge is 2.50. The molecule has 0 fully saturated rings. The van der Waals surface area contributed by atoms with E-state index in [4.69, 9.17) is 9.15 Å². The molecule has 2 heterocycles. The number of hydrogen-bond donors (Lipinski definition) is 0. The number of fused-ring (bicyclic) bond motifs is 9. The Morgan fingerprint density at radius 3 is 1.60 bits per heavy atom. The number of ether oxygens (including phenoxy) is 1. The van der Waals surface area contributed by atoms with Gasteiger partial charge in [0.25, 0.3) is 0 Å². The van der Waals surface area contributed by atoms with Crippen LogP contribution in [-0.4, -0.2) is 10.2 Å². The van der Waals surface area contributed by atoms with Crippen LogP contribution in [0.3, 0.4) is 0 Å². The second kappa shape index (κ2) is 9.13. The van der Waals surface area contributed by atoms with Gasteiger partial charge < -0.3 is 9.15 Å². The maximum atomic E-state index is 6.66. The van der Waals surface area contributed by atoms with E-state index in [-0.39, 0.29) is 0 Å². The predicted octanol–water partition coefficient (Wildman–Crippen LogP) is 9.54. The predicted molar refractivity (Wildman–Crippen MR) is 168 cm³/mol. The van der Waals surface area contributed by atoms with Crippen LogP contribution < -0.4 is 4.74 Å². The lowest BCUT2D eigenvalue weighted by Crippen LogP contribution is -2.32. The lowest BCUT2D eigenvalue weighted by atomic mass is 9.66. The Morgan fingerprint density at radius 2 is 0.907 bits per heavy atom. The van der Waals surface area contributed by atoms with Gasteiger partial charge in [0.05, 0.1) is 5.41 Å². The maximum Gasteiger partial charge on any atom is 0.248 e. The van der Waals surface area contributed by atoms with Crippen molar-refractivity contribution in [2.45, 2.75) is 5.41 Å². The first-order chi connectivity index (χ1) is 21.3. The molecule has 43 heavy (non-hydrogen) atoms. The van der Waals surface area contributed by atoms with Gasteiger partial charge in [-0.25, -0.2) is 0 Å². The van der Waals surface area contributed by atoms with Gasteiger partial charge in [0.2, 0.25) is 11.8 Å². The fourth-order valence-corrected chi connectivity index (χ4v) is 6.88. The SMILES string of the molecule is c1ccc(-c2nnc(-c3ccc(-c4ccc5c(c4)Oc4ccccc4C54c5ccccc5-c5ccccc54)cc3)o2)cc1. The fourth-order valence-electron chi connectivity index (χ4n) is 6.88. The van der Waals surface area contributed by atoms with Gasteiger partial charge in [0.15, 0.2) is 0 Å². The van der Waals surface area contributed by atoms with Gasteiger partial charge in [-0.15, -0.1) is 10.2 Å². The molecule has 1 aliphatic heterocycles. The largest absolute Gasteiger partial charge is 0.457 e. The van der Waals surface area contributed by atoms with Crippen LogP contribution >= 0.6 is 0 Å². The highest BCUT2D eigenvalue weighted by atomic mass is 16.5. The fraction of sp³-hybridized carbons (Fsp3) is 0.0256. The van der Waals surface area contributed by atoms with Crippen molar-refractivity contribution < 1.29 is 9.15 Å². The van der Waals surface area contributed by atoms with Crippen molar-refractivity contribution in [3.8, 4) is 56.7 Å². The van der Waals surface area contributed by atoms with E-state index in [0.717, 1.165) is 39.3 Å². The van der Waals surface area contributed by atoms with Crippen molar-refractivity contribution in [1.29, 1.82) is 0 Å². The molecule has 0 bridgehead atoms. The van der Waals surface area contributed by atoms with Crippen molar-refractivity contribution in [3.05, 3.63) is 168 Å². The summed E-state index contributed by atoms with van der Waals surface area (Å²) in [7, 11) is 0. The molecule has 4 heteroatoms. The number of hydrogen-bond acceptors (Lipinski definition) is 4. The average Bonchev–Trinajstić information content (AvgIpc) is 3.68. The first-order valence-electron chi connectivity index (χ1n) is 14.4. The van der Waals surface area contributed by atoms with Crippen LogP contribution in [0.15, 0.2) is 150 Å². The molecule has 1 aromatic heterocycles. The zero-order valence-electron chi connectivity index (χ0n) is 23.1. The van der Waals surface area contributed by atoms with E-state index in [1.54, 1.807) is 0 Å². The molecule has 4 nitrogen and oxygen atoms in total. The molecule has 7 aromatic rings. The first-order valence-corrected chi connectivity index (χ1v) is 14.4. The van der Waals surface area contributed by atoms with E-state index < -0.39 is 5.41 Å². The number of rotatable bonds is 3. The van der Waals surface area contributed by atoms with Crippen LogP contribution in [0.25, 0.3) is 45.2 Å². The quantitative estimate of drug-likeness (QED) is 0.219. The Bertz CT molecular complexity index is 2120. The smallest absolute Gasteiger partial charge is 0.248 e. The molecular weight excluding hydrogens is 528 g/mol. The zero-order valence-corrected chi connectivity index (χ0v) is 23.1. The minimum Gasteiger partial charge on any atom is -0.457 e. The molecule has 6 aromatic carbocycles. The summed E-state index contributed by atoms with van der Waals surface area (Å²) < 4.78 is 12.6. The highest BCUT2D eigenvalue weighted by molar-refractivity contribution is 5.89. The summed E-state index contributed by atoms with van der Waals surface area (Å²) >= 11 is 0. The minimum atomic E-state index is -0.450. The van der Waals surface area contributed by atoms with Crippen molar-refractivity contribution in [3.63, 3.8) is 0 Å². The third-order valence-corrected chi connectivity index (χ3v) is 8.76. The normalized spacial score (nSPS) is 13.5. The van der Waals surface area contributed by atoms with E-state index in [0.29, 0.717) is 11.8 Å². The standard InChI is InChI=1S/C39H24N2O2/c1-2-10-26(11-3-1)37-40-41-38(43-37)27-20-18-25(19-21-27)28-22-23-34-36(24-28)42-35-17-9-8-16-33(35)39(34)31-14-6-4-12-29(31)30-13-5-7-15-32(30)39/h1-24H. The van der Waals surface area contributed by atoms with Crippen LogP contribution in [0.2, 0.25) is 0 Å². The number of nitrogens with zero attached hydrogens (tertiary/aromatic N) is 2. The molecule has 0 radical (unpaired) electrons. The highest BCUT2D eigenvalue weighted by Crippen LogP contribution is 2.62. The third-order valence-electron chi connectivity index (χ3n) is 8.76.